The van der Waals surface area contributed by atoms with E-state index in [-0.39, 0.29) is 35.8 Å². The predicted octanol–water partition coefficient (Wildman–Crippen LogP) is 3.90. The number of methoxy groups -OCH3 is 1. The number of benzene rings is 3. The molecule has 4 aromatic rings. The highest BCUT2D eigenvalue weighted by atomic mass is 127. The van der Waals surface area contributed by atoms with Gasteiger partial charge in [-0.2, -0.15) is 0 Å². The molecular weight excluding hydrogens is 680 g/mol. The summed E-state index contributed by atoms with van der Waals surface area (Å²) in [4.78, 5) is 55.0. The van der Waals surface area contributed by atoms with E-state index in [2.05, 4.69) is 5.32 Å². The van der Waals surface area contributed by atoms with Crippen LogP contribution >= 0.6 is 22.6 Å². The Kier molecular flexibility index (Phi) is 8.90. The monoisotopic (exact) mass is 711 g/mol. The van der Waals surface area contributed by atoms with Gasteiger partial charge in [0.2, 0.25) is 11.8 Å². The van der Waals surface area contributed by atoms with Crippen LogP contribution in [-0.4, -0.2) is 40.0 Å². The van der Waals surface area contributed by atoms with Gasteiger partial charge in [-0.05, 0) is 89.5 Å². The number of nitrogens with two attached hydrogens (primary N) is 1. The minimum Gasteiger partial charge on any atom is -0.497 e. The van der Waals surface area contributed by atoms with E-state index in [4.69, 9.17) is 10.5 Å². The van der Waals surface area contributed by atoms with Crippen LogP contribution < -0.4 is 27.0 Å². The summed E-state index contributed by atoms with van der Waals surface area (Å²) in [6.45, 7) is 1.58. The highest BCUT2D eigenvalue weighted by molar-refractivity contribution is 14.1. The number of rotatable bonds is 9. The first-order valence-corrected chi connectivity index (χ1v) is 15.0. The van der Waals surface area contributed by atoms with Crippen LogP contribution in [0.25, 0.3) is 5.69 Å². The number of anilines is 1. The van der Waals surface area contributed by atoms with E-state index >= 15 is 4.39 Å². The number of ether oxygens (including phenoxy) is 1. The summed E-state index contributed by atoms with van der Waals surface area (Å²) in [7, 11) is 3.08. The van der Waals surface area contributed by atoms with Crippen molar-refractivity contribution < 1.29 is 18.7 Å². The Labute approximate surface area is 266 Å². The van der Waals surface area contributed by atoms with Crippen molar-refractivity contribution in [3.8, 4) is 11.4 Å². The molecule has 2 amide bonds. The van der Waals surface area contributed by atoms with Gasteiger partial charge in [0, 0.05) is 17.0 Å². The predicted molar refractivity (Wildman–Crippen MR) is 173 cm³/mol. The van der Waals surface area contributed by atoms with Gasteiger partial charge in [-0.1, -0.05) is 24.3 Å². The topological polar surface area (TPSA) is 129 Å². The zero-order chi connectivity index (χ0) is 31.7. The summed E-state index contributed by atoms with van der Waals surface area (Å²) in [5.74, 6) is -1.62. The van der Waals surface area contributed by atoms with E-state index in [0.717, 1.165) is 10.1 Å². The third-order valence-corrected chi connectivity index (χ3v) is 8.43. The molecule has 0 fully saturated rings. The van der Waals surface area contributed by atoms with Crippen LogP contribution in [-0.2, 0) is 22.6 Å². The normalized spacial score (nSPS) is 16.0. The molecule has 0 spiro atoms. The minimum atomic E-state index is -1.08. The van der Waals surface area contributed by atoms with Crippen molar-refractivity contribution in [2.45, 2.75) is 38.4 Å². The van der Waals surface area contributed by atoms with Gasteiger partial charge in [0.15, 0.2) is 0 Å². The molecule has 0 aliphatic carbocycles. The standard InChI is InChI=1S/C32H31FIN5O5/c1-18-28-27(29(37(2)30(18)41)36-25-13-10-21(34)16-24(25)33)31(42)38(17-20-7-11-23(44-3)12-8-20)32(43)39(28)22-6-4-5-19(15-22)9-14-26(35)40/h4-8,10-13,15-16,18,29,36H,9,14,17H2,1-3H3,(H2,35,40). The van der Waals surface area contributed by atoms with E-state index in [1.54, 1.807) is 68.6 Å². The number of aryl methyl sites for hydroxylation is 1. The van der Waals surface area contributed by atoms with Gasteiger partial charge in [0.05, 0.1) is 42.2 Å². The Morgan fingerprint density at radius 1 is 1.05 bits per heavy atom. The average Bonchev–Trinajstić information content (AvgIpc) is 3.00. The second kappa shape index (κ2) is 12.6. The number of carbonyl (C=O) groups is 2. The SMILES string of the molecule is COc1ccc(Cn2c(=O)c3c(n(-c4cccc(CCC(N)=O)c4)c2=O)C(C)C(=O)N(C)C3Nc2ccc(I)cc2F)cc1. The van der Waals surface area contributed by atoms with Gasteiger partial charge in [-0.3, -0.25) is 23.5 Å². The summed E-state index contributed by atoms with van der Waals surface area (Å²) >= 11 is 2.00. The lowest BCUT2D eigenvalue weighted by Crippen LogP contribution is -2.52. The maximum absolute atomic E-state index is 15.0. The quantitative estimate of drug-likeness (QED) is 0.254. The van der Waals surface area contributed by atoms with Crippen molar-refractivity contribution in [3.63, 3.8) is 0 Å². The number of hydrogen-bond donors (Lipinski definition) is 2. The van der Waals surface area contributed by atoms with Crippen molar-refractivity contribution in [2.24, 2.45) is 5.73 Å². The Morgan fingerprint density at radius 2 is 1.77 bits per heavy atom. The van der Waals surface area contributed by atoms with E-state index in [0.29, 0.717) is 27.0 Å². The Bertz CT molecular complexity index is 1870. The van der Waals surface area contributed by atoms with Crippen LogP contribution in [0.15, 0.2) is 76.3 Å². The molecule has 2 heterocycles. The summed E-state index contributed by atoms with van der Waals surface area (Å²) in [5.41, 5.74) is 6.42. The van der Waals surface area contributed by atoms with Crippen molar-refractivity contribution in [3.05, 3.63) is 119 Å². The fourth-order valence-corrected chi connectivity index (χ4v) is 5.91. The molecular formula is C32H31FIN5O5. The number of halogens is 2. The molecule has 0 saturated heterocycles. The Hall–Kier alpha value is -4.46. The summed E-state index contributed by atoms with van der Waals surface area (Å²) in [6, 6.07) is 18.6. The number of nitrogens with one attached hydrogen (secondary N) is 1. The third kappa shape index (κ3) is 5.98. The molecule has 10 nitrogen and oxygen atoms in total. The first kappa shape index (κ1) is 31.0. The number of carbonyl (C=O) groups excluding carboxylic acids is 2. The summed E-state index contributed by atoms with van der Waals surface area (Å²) < 4.78 is 23.5. The van der Waals surface area contributed by atoms with E-state index in [9.17, 15) is 19.2 Å². The molecule has 2 unspecified atom stereocenters. The first-order chi connectivity index (χ1) is 21.0. The second-order valence-corrected chi connectivity index (χ2v) is 11.9. The summed E-state index contributed by atoms with van der Waals surface area (Å²) in [5, 5.41) is 3.05. The van der Waals surface area contributed by atoms with Crippen LogP contribution in [0.2, 0.25) is 0 Å². The number of likely N-dealkylation sites (N-methyl/N-ethyl adjacent to an activating group) is 1. The van der Waals surface area contributed by atoms with Crippen LogP contribution in [0.1, 0.15) is 47.8 Å². The van der Waals surface area contributed by atoms with Crippen molar-refractivity contribution >= 4 is 40.1 Å². The zero-order valence-electron chi connectivity index (χ0n) is 24.3. The second-order valence-electron chi connectivity index (χ2n) is 10.6. The van der Waals surface area contributed by atoms with Crippen molar-refractivity contribution in [1.29, 1.82) is 0 Å². The highest BCUT2D eigenvalue weighted by Crippen LogP contribution is 2.36. The number of primary amides is 1. The molecule has 228 valence electrons. The average molecular weight is 712 g/mol. The molecule has 3 aromatic carbocycles. The number of amides is 2. The fraction of sp³-hybridized carbons (Fsp3) is 0.250. The smallest absolute Gasteiger partial charge is 0.336 e. The molecule has 0 saturated carbocycles. The molecule has 1 aromatic heterocycles. The van der Waals surface area contributed by atoms with Crippen LogP contribution in [0.4, 0.5) is 10.1 Å². The number of hydrogen-bond acceptors (Lipinski definition) is 6. The zero-order valence-corrected chi connectivity index (χ0v) is 26.5. The number of aromatic nitrogens is 2. The summed E-state index contributed by atoms with van der Waals surface area (Å²) in [6.07, 6.45) is -0.623. The van der Waals surface area contributed by atoms with Gasteiger partial charge in [-0.15, -0.1) is 0 Å². The van der Waals surface area contributed by atoms with Crippen molar-refractivity contribution in [1.82, 2.24) is 14.0 Å². The first-order valence-electron chi connectivity index (χ1n) is 13.9. The number of nitrogens with zero attached hydrogens (tertiary/aromatic N) is 3. The maximum atomic E-state index is 15.0. The molecule has 2 atom stereocenters. The van der Waals surface area contributed by atoms with Crippen molar-refractivity contribution in [2.75, 3.05) is 19.5 Å². The van der Waals surface area contributed by atoms with Crippen LogP contribution in [0, 0.1) is 9.39 Å². The fourth-order valence-electron chi connectivity index (χ4n) is 5.46. The lowest BCUT2D eigenvalue weighted by atomic mass is 9.93. The molecule has 1 aliphatic heterocycles. The molecule has 12 heteroatoms. The van der Waals surface area contributed by atoms with E-state index < -0.39 is 35.1 Å². The highest BCUT2D eigenvalue weighted by Gasteiger charge is 2.41. The minimum absolute atomic E-state index is 0.0625. The van der Waals surface area contributed by atoms with E-state index in [1.807, 2.05) is 28.7 Å². The lowest BCUT2D eigenvalue weighted by Gasteiger charge is -2.39. The third-order valence-electron chi connectivity index (χ3n) is 7.76. The van der Waals surface area contributed by atoms with Gasteiger partial charge in [0.1, 0.15) is 17.7 Å². The maximum Gasteiger partial charge on any atom is 0.336 e. The molecule has 0 bridgehead atoms. The van der Waals surface area contributed by atoms with Crippen LogP contribution in [0.3, 0.4) is 0 Å². The van der Waals surface area contributed by atoms with Gasteiger partial charge in [0.25, 0.3) is 5.56 Å². The van der Waals surface area contributed by atoms with Crippen LogP contribution in [0.5, 0.6) is 5.75 Å². The Morgan fingerprint density at radius 3 is 2.43 bits per heavy atom. The molecule has 1 aliphatic rings. The molecule has 3 N–H and O–H groups in total. The molecule has 0 radical (unpaired) electrons. The van der Waals surface area contributed by atoms with Gasteiger partial charge >= 0.3 is 5.69 Å². The Balaban J connectivity index is 1.77. The molecule has 44 heavy (non-hydrogen) atoms. The van der Waals surface area contributed by atoms with E-state index in [1.165, 1.54) is 22.6 Å². The largest absolute Gasteiger partial charge is 0.497 e. The molecule has 5 rings (SSSR count). The number of fused-ring (bicyclic) bond motifs is 1. The van der Waals surface area contributed by atoms with Gasteiger partial charge in [-0.25, -0.2) is 9.18 Å². The van der Waals surface area contributed by atoms with Gasteiger partial charge < -0.3 is 20.7 Å². The lowest BCUT2D eigenvalue weighted by molar-refractivity contribution is -0.134.